The average Bonchev–Trinajstić information content (AvgIpc) is 2.42. The highest BCUT2D eigenvalue weighted by atomic mass is 32.1. The largest absolute Gasteiger partial charge is 0.444 e. The van der Waals surface area contributed by atoms with Gasteiger partial charge in [-0.25, -0.2) is 9.59 Å². The van der Waals surface area contributed by atoms with Crippen LogP contribution in [0.25, 0.3) is 0 Å². The number of carbonyl (C=O) groups is 2. The van der Waals surface area contributed by atoms with E-state index in [-0.39, 0.29) is 0 Å². The van der Waals surface area contributed by atoms with Gasteiger partial charge in [-0.1, -0.05) is 43.1 Å². The molecule has 6 nitrogen and oxygen atoms in total. The minimum Gasteiger partial charge on any atom is -0.444 e. The second kappa shape index (κ2) is 7.21. The number of thiol groups is 1. The Bertz CT molecular complexity index is 488. The Kier molecular flexibility index (Phi) is 5.90. The van der Waals surface area contributed by atoms with Crippen LogP contribution in [0.5, 0.6) is 0 Å². The van der Waals surface area contributed by atoms with E-state index < -0.39 is 23.9 Å². The zero-order valence-electron chi connectivity index (χ0n) is 12.6. The van der Waals surface area contributed by atoms with Gasteiger partial charge >= 0.3 is 12.1 Å². The zero-order valence-corrected chi connectivity index (χ0v) is 13.5. The summed E-state index contributed by atoms with van der Waals surface area (Å²) in [6, 6.07) is 8.61. The minimum absolute atomic E-state index is 0.511. The smallest absolute Gasteiger partial charge is 0.411 e. The molecule has 0 saturated carbocycles. The lowest BCUT2D eigenvalue weighted by molar-refractivity contribution is 0.0200. The first kappa shape index (κ1) is 17.2. The Hall–Kier alpha value is -1.89. The van der Waals surface area contributed by atoms with Crippen molar-refractivity contribution in [2.75, 3.05) is 7.05 Å². The van der Waals surface area contributed by atoms with Crippen LogP contribution < -0.4 is 10.0 Å². The van der Waals surface area contributed by atoms with Gasteiger partial charge in [0.05, 0.1) is 0 Å². The molecule has 0 bridgehead atoms. The zero-order chi connectivity index (χ0) is 16.0. The lowest BCUT2D eigenvalue weighted by Gasteiger charge is -2.31. The highest BCUT2D eigenvalue weighted by molar-refractivity contribution is 7.78. The Balaban J connectivity index is 2.95. The number of benzene rings is 1. The first-order valence-electron chi connectivity index (χ1n) is 6.46. The standard InChI is InChI=1S/C14H21N3O3S/c1-14(2,3)20-13(19)17(4)11(15-12(18)16-21)10-8-6-5-7-9-10/h5-9,11,21H,1-4H3,(H2,15,16,18). The van der Waals surface area contributed by atoms with Crippen molar-refractivity contribution in [3.8, 4) is 0 Å². The number of ether oxygens (including phenoxy) is 1. The second-order valence-corrected chi connectivity index (χ2v) is 5.71. The van der Waals surface area contributed by atoms with Gasteiger partial charge in [-0.05, 0) is 26.3 Å². The SMILES string of the molecule is CN(C(=O)OC(C)(C)C)C(NC(=O)NS)c1ccccc1. The van der Waals surface area contributed by atoms with Crippen molar-refractivity contribution in [2.24, 2.45) is 0 Å². The first-order valence-corrected chi connectivity index (χ1v) is 6.90. The van der Waals surface area contributed by atoms with Gasteiger partial charge in [-0.15, -0.1) is 0 Å². The molecule has 0 aliphatic heterocycles. The molecule has 0 saturated heterocycles. The van der Waals surface area contributed by atoms with Crippen molar-refractivity contribution >= 4 is 24.9 Å². The number of nitrogens with zero attached hydrogens (tertiary/aromatic N) is 1. The lowest BCUT2D eigenvalue weighted by Crippen LogP contribution is -2.46. The Morgan fingerprint density at radius 2 is 1.81 bits per heavy atom. The monoisotopic (exact) mass is 311 g/mol. The van der Waals surface area contributed by atoms with Crippen LogP contribution in [-0.4, -0.2) is 29.7 Å². The number of amides is 3. The molecule has 1 aromatic rings. The van der Waals surface area contributed by atoms with Crippen molar-refractivity contribution in [2.45, 2.75) is 32.5 Å². The molecule has 21 heavy (non-hydrogen) atoms. The van der Waals surface area contributed by atoms with Crippen molar-refractivity contribution < 1.29 is 14.3 Å². The van der Waals surface area contributed by atoms with E-state index in [0.29, 0.717) is 0 Å². The van der Waals surface area contributed by atoms with E-state index in [1.807, 2.05) is 30.3 Å². The van der Waals surface area contributed by atoms with Crippen molar-refractivity contribution in [1.82, 2.24) is 14.9 Å². The van der Waals surface area contributed by atoms with Gasteiger partial charge in [-0.2, -0.15) is 0 Å². The number of urea groups is 1. The minimum atomic E-state index is -0.659. The summed E-state index contributed by atoms with van der Waals surface area (Å²) >= 11 is 3.69. The highest BCUT2D eigenvalue weighted by Gasteiger charge is 2.27. The first-order chi connectivity index (χ1) is 9.74. The average molecular weight is 311 g/mol. The van der Waals surface area contributed by atoms with Gasteiger partial charge in [0.25, 0.3) is 0 Å². The van der Waals surface area contributed by atoms with E-state index in [9.17, 15) is 9.59 Å². The number of hydrogen-bond donors (Lipinski definition) is 3. The molecule has 2 N–H and O–H groups in total. The quantitative estimate of drug-likeness (QED) is 0.594. The van der Waals surface area contributed by atoms with Crippen LogP contribution in [0.15, 0.2) is 30.3 Å². The lowest BCUT2D eigenvalue weighted by atomic mass is 10.1. The van der Waals surface area contributed by atoms with Crippen molar-refractivity contribution in [3.63, 3.8) is 0 Å². The maximum absolute atomic E-state index is 12.2. The Labute approximate surface area is 130 Å². The fourth-order valence-corrected chi connectivity index (χ4v) is 1.70. The molecule has 0 aliphatic carbocycles. The van der Waals surface area contributed by atoms with Crippen LogP contribution in [0.3, 0.4) is 0 Å². The van der Waals surface area contributed by atoms with Crippen molar-refractivity contribution in [3.05, 3.63) is 35.9 Å². The maximum atomic E-state index is 12.2. The number of rotatable bonds is 3. The molecular weight excluding hydrogens is 290 g/mol. The van der Waals surface area contributed by atoms with E-state index in [1.165, 1.54) is 4.90 Å². The topological polar surface area (TPSA) is 70.7 Å². The van der Waals surface area contributed by atoms with Crippen LogP contribution >= 0.6 is 12.8 Å². The molecular formula is C14H21N3O3S. The van der Waals surface area contributed by atoms with E-state index in [0.717, 1.165) is 5.56 Å². The third-order valence-electron chi connectivity index (χ3n) is 2.55. The molecule has 0 radical (unpaired) electrons. The van der Waals surface area contributed by atoms with Crippen LogP contribution in [0.2, 0.25) is 0 Å². The predicted molar refractivity (Wildman–Crippen MR) is 83.8 cm³/mol. The Morgan fingerprint density at radius 1 is 1.24 bits per heavy atom. The predicted octanol–water partition coefficient (Wildman–Crippen LogP) is 2.70. The summed E-state index contributed by atoms with van der Waals surface area (Å²) in [4.78, 5) is 25.0. The van der Waals surface area contributed by atoms with Gasteiger partial charge in [0.2, 0.25) is 0 Å². The number of hydrogen-bond acceptors (Lipinski definition) is 4. The summed E-state index contributed by atoms with van der Waals surface area (Å²) in [5, 5.41) is 2.65. The molecule has 1 aromatic carbocycles. The maximum Gasteiger partial charge on any atom is 0.411 e. The molecule has 1 atom stereocenters. The van der Waals surface area contributed by atoms with Gasteiger partial charge in [-0.3, -0.25) is 9.62 Å². The van der Waals surface area contributed by atoms with E-state index in [1.54, 1.807) is 27.8 Å². The molecule has 7 heteroatoms. The molecule has 0 aromatic heterocycles. The fraction of sp³-hybridized carbons (Fsp3) is 0.429. The Morgan fingerprint density at radius 3 is 2.29 bits per heavy atom. The number of nitrogens with one attached hydrogen (secondary N) is 2. The third kappa shape index (κ3) is 5.55. The molecule has 0 spiro atoms. The third-order valence-corrected chi connectivity index (χ3v) is 2.76. The molecule has 1 unspecified atom stereocenters. The summed E-state index contributed by atoms with van der Waals surface area (Å²) in [6.07, 6.45) is -1.19. The van der Waals surface area contributed by atoms with E-state index in [4.69, 9.17) is 4.74 Å². The normalized spacial score (nSPS) is 12.2. The summed E-state index contributed by atoms with van der Waals surface area (Å²) in [5.41, 5.74) is 0.140. The van der Waals surface area contributed by atoms with Crippen LogP contribution in [0.4, 0.5) is 9.59 Å². The second-order valence-electron chi connectivity index (χ2n) is 5.49. The molecule has 3 amide bonds. The van der Waals surface area contributed by atoms with Crippen LogP contribution in [-0.2, 0) is 4.74 Å². The van der Waals surface area contributed by atoms with Gasteiger partial charge < -0.3 is 10.1 Å². The fourth-order valence-electron chi connectivity index (χ4n) is 1.63. The van der Waals surface area contributed by atoms with Gasteiger partial charge in [0, 0.05) is 7.05 Å². The van der Waals surface area contributed by atoms with E-state index in [2.05, 4.69) is 22.9 Å². The summed E-state index contributed by atoms with van der Waals surface area (Å²) < 4.78 is 7.49. The summed E-state index contributed by atoms with van der Waals surface area (Å²) in [7, 11) is 1.56. The molecule has 0 heterocycles. The van der Waals surface area contributed by atoms with Crippen molar-refractivity contribution in [1.29, 1.82) is 0 Å². The summed E-state index contributed by atoms with van der Waals surface area (Å²) in [5.74, 6) is 0. The van der Waals surface area contributed by atoms with Crippen LogP contribution in [0, 0.1) is 0 Å². The highest BCUT2D eigenvalue weighted by Crippen LogP contribution is 2.19. The molecule has 1 rings (SSSR count). The van der Waals surface area contributed by atoms with Gasteiger partial charge in [0.15, 0.2) is 0 Å². The summed E-state index contributed by atoms with van der Waals surface area (Å²) in [6.45, 7) is 5.35. The molecule has 116 valence electrons. The number of carbonyl (C=O) groups excluding carboxylic acids is 2. The van der Waals surface area contributed by atoms with Crippen LogP contribution in [0.1, 0.15) is 32.5 Å². The van der Waals surface area contributed by atoms with Gasteiger partial charge in [0.1, 0.15) is 11.8 Å². The van der Waals surface area contributed by atoms with E-state index >= 15 is 0 Å². The molecule has 0 fully saturated rings. The molecule has 0 aliphatic rings.